The van der Waals surface area contributed by atoms with Crippen molar-refractivity contribution in [3.8, 4) is 0 Å². The highest BCUT2D eigenvalue weighted by molar-refractivity contribution is 9.10. The van der Waals surface area contributed by atoms with Crippen molar-refractivity contribution in [2.75, 3.05) is 36.4 Å². The fourth-order valence-electron chi connectivity index (χ4n) is 4.00. The van der Waals surface area contributed by atoms with Gasteiger partial charge in [-0.3, -0.25) is 10.1 Å². The van der Waals surface area contributed by atoms with Crippen molar-refractivity contribution in [1.82, 2.24) is 4.31 Å². The molecular formula is C24H25BrN4O4S. The molecule has 3 aromatic rings. The zero-order chi connectivity index (χ0) is 24.3. The van der Waals surface area contributed by atoms with E-state index in [1.165, 1.54) is 10.4 Å². The van der Waals surface area contributed by atoms with Crippen molar-refractivity contribution in [2.45, 2.75) is 17.9 Å². The topological polar surface area (TPSA) is 95.8 Å². The number of halogens is 1. The molecule has 3 aromatic carbocycles. The minimum absolute atomic E-state index is 0.00276. The lowest BCUT2D eigenvalue weighted by atomic mass is 10.1. The highest BCUT2D eigenvalue weighted by Crippen LogP contribution is 2.33. The zero-order valence-electron chi connectivity index (χ0n) is 18.6. The van der Waals surface area contributed by atoms with Gasteiger partial charge in [-0.1, -0.05) is 46.3 Å². The quantitative estimate of drug-likeness (QED) is 0.330. The van der Waals surface area contributed by atoms with E-state index < -0.39 is 14.9 Å². The van der Waals surface area contributed by atoms with Crippen LogP contribution in [0.1, 0.15) is 18.5 Å². The molecule has 1 heterocycles. The van der Waals surface area contributed by atoms with Gasteiger partial charge in [0.15, 0.2) is 0 Å². The van der Waals surface area contributed by atoms with Gasteiger partial charge in [0.05, 0.1) is 9.82 Å². The first-order chi connectivity index (χ1) is 16.3. The van der Waals surface area contributed by atoms with Crippen LogP contribution in [0.5, 0.6) is 0 Å². The summed E-state index contributed by atoms with van der Waals surface area (Å²) in [6, 6.07) is 21.2. The van der Waals surface area contributed by atoms with Crippen molar-refractivity contribution >= 4 is 43.0 Å². The summed E-state index contributed by atoms with van der Waals surface area (Å²) in [4.78, 5) is 13.5. The van der Waals surface area contributed by atoms with Crippen molar-refractivity contribution in [2.24, 2.45) is 0 Å². The summed E-state index contributed by atoms with van der Waals surface area (Å²) in [7, 11) is -3.57. The van der Waals surface area contributed by atoms with Crippen LogP contribution in [0.3, 0.4) is 0 Å². The van der Waals surface area contributed by atoms with E-state index in [0.29, 0.717) is 31.9 Å². The fourth-order valence-corrected chi connectivity index (χ4v) is 5.68. The second kappa shape index (κ2) is 10.1. The van der Waals surface area contributed by atoms with Gasteiger partial charge in [0.25, 0.3) is 5.69 Å². The van der Waals surface area contributed by atoms with E-state index in [9.17, 15) is 18.5 Å². The van der Waals surface area contributed by atoms with Gasteiger partial charge < -0.3 is 10.2 Å². The number of nitrogens with one attached hydrogen (secondary N) is 1. The Bertz CT molecular complexity index is 1260. The molecule has 0 aromatic heterocycles. The molecule has 0 radical (unpaired) electrons. The molecule has 1 N–H and O–H groups in total. The number of nitro groups is 1. The van der Waals surface area contributed by atoms with E-state index in [0.717, 1.165) is 15.7 Å². The maximum absolute atomic E-state index is 13.0. The molecule has 0 aliphatic carbocycles. The number of nitrogens with zero attached hydrogens (tertiary/aromatic N) is 3. The Labute approximate surface area is 207 Å². The molecule has 34 heavy (non-hydrogen) atoms. The molecule has 0 spiro atoms. The first kappa shape index (κ1) is 24.2. The molecule has 10 heteroatoms. The van der Waals surface area contributed by atoms with Crippen molar-refractivity contribution in [3.63, 3.8) is 0 Å². The van der Waals surface area contributed by atoms with Crippen LogP contribution >= 0.6 is 15.9 Å². The van der Waals surface area contributed by atoms with Gasteiger partial charge in [-0.05, 0) is 48.9 Å². The first-order valence-corrected chi connectivity index (χ1v) is 13.1. The van der Waals surface area contributed by atoms with E-state index in [2.05, 4.69) is 26.1 Å². The standard InChI is InChI=1S/C24H25BrN4O4S/c1-18(19-5-3-2-4-6-19)26-23-17-21(9-12-24(23)29(30)31)27-13-15-28(16-14-27)34(32,33)22-10-7-20(25)8-11-22/h2-12,17-18,26H,13-16H2,1H3/t18-/m1/s1. The smallest absolute Gasteiger partial charge is 0.292 e. The molecule has 178 valence electrons. The Morgan fingerprint density at radius 1 is 0.971 bits per heavy atom. The monoisotopic (exact) mass is 544 g/mol. The SMILES string of the molecule is C[C@@H](Nc1cc(N2CCN(S(=O)(=O)c3ccc(Br)cc3)CC2)ccc1[N+](=O)[O-])c1ccccc1. The number of sulfonamides is 1. The van der Waals surface area contributed by atoms with Gasteiger partial charge in [-0.25, -0.2) is 8.42 Å². The van der Waals surface area contributed by atoms with E-state index >= 15 is 0 Å². The summed E-state index contributed by atoms with van der Waals surface area (Å²) in [6.07, 6.45) is 0. The Morgan fingerprint density at radius 3 is 2.24 bits per heavy atom. The number of benzene rings is 3. The third-order valence-corrected chi connectivity index (χ3v) is 8.35. The average molecular weight is 545 g/mol. The van der Waals surface area contributed by atoms with Gasteiger partial charge in [0.2, 0.25) is 10.0 Å². The number of anilines is 2. The van der Waals surface area contributed by atoms with Crippen LogP contribution in [0, 0.1) is 10.1 Å². The van der Waals surface area contributed by atoms with E-state index in [1.807, 2.05) is 37.3 Å². The Balaban J connectivity index is 1.50. The molecule has 0 unspecified atom stereocenters. The van der Waals surface area contributed by atoms with E-state index in [4.69, 9.17) is 0 Å². The molecule has 8 nitrogen and oxygen atoms in total. The average Bonchev–Trinajstić information content (AvgIpc) is 2.84. The minimum Gasteiger partial charge on any atom is -0.373 e. The van der Waals surface area contributed by atoms with Crippen LogP contribution in [0.25, 0.3) is 0 Å². The zero-order valence-corrected chi connectivity index (χ0v) is 21.0. The molecule has 4 rings (SSSR count). The fraction of sp³-hybridized carbons (Fsp3) is 0.250. The molecule has 1 aliphatic heterocycles. The van der Waals surface area contributed by atoms with Crippen LogP contribution in [-0.4, -0.2) is 43.8 Å². The highest BCUT2D eigenvalue weighted by Gasteiger charge is 2.29. The third kappa shape index (κ3) is 5.24. The molecule has 1 atom stereocenters. The lowest BCUT2D eigenvalue weighted by molar-refractivity contribution is -0.384. The van der Waals surface area contributed by atoms with Crippen LogP contribution in [0.4, 0.5) is 17.1 Å². The summed E-state index contributed by atoms with van der Waals surface area (Å²) in [6.45, 7) is 3.59. The molecule has 0 amide bonds. The normalized spacial score (nSPS) is 15.6. The number of nitro benzene ring substituents is 1. The van der Waals surface area contributed by atoms with Gasteiger partial charge in [-0.2, -0.15) is 4.31 Å². The predicted molar refractivity (Wildman–Crippen MR) is 137 cm³/mol. The maximum Gasteiger partial charge on any atom is 0.292 e. The van der Waals surface area contributed by atoms with Gasteiger partial charge in [-0.15, -0.1) is 0 Å². The van der Waals surface area contributed by atoms with Gasteiger partial charge >= 0.3 is 0 Å². The van der Waals surface area contributed by atoms with Crippen molar-refractivity contribution in [3.05, 3.63) is 92.9 Å². The summed E-state index contributed by atoms with van der Waals surface area (Å²) >= 11 is 3.33. The number of hydrogen-bond donors (Lipinski definition) is 1. The molecule has 0 bridgehead atoms. The van der Waals surface area contributed by atoms with Crippen LogP contribution in [-0.2, 0) is 10.0 Å². The molecule has 1 saturated heterocycles. The number of rotatable bonds is 7. The largest absolute Gasteiger partial charge is 0.373 e. The first-order valence-electron chi connectivity index (χ1n) is 10.9. The second-order valence-corrected chi connectivity index (χ2v) is 10.9. The van der Waals surface area contributed by atoms with E-state index in [-0.39, 0.29) is 16.6 Å². The van der Waals surface area contributed by atoms with Crippen LogP contribution in [0.2, 0.25) is 0 Å². The van der Waals surface area contributed by atoms with Crippen molar-refractivity contribution in [1.29, 1.82) is 0 Å². The van der Waals surface area contributed by atoms with Gasteiger partial charge in [0.1, 0.15) is 5.69 Å². The second-order valence-electron chi connectivity index (χ2n) is 8.08. The Hall–Kier alpha value is -2.95. The van der Waals surface area contributed by atoms with Crippen LogP contribution in [0.15, 0.2) is 82.2 Å². The summed E-state index contributed by atoms with van der Waals surface area (Å²) < 4.78 is 28.3. The lowest BCUT2D eigenvalue weighted by Gasteiger charge is -2.35. The molecular weight excluding hydrogens is 520 g/mol. The summed E-state index contributed by atoms with van der Waals surface area (Å²) in [5.74, 6) is 0. The number of piperazine rings is 1. The minimum atomic E-state index is -3.57. The highest BCUT2D eigenvalue weighted by atomic mass is 79.9. The van der Waals surface area contributed by atoms with Crippen molar-refractivity contribution < 1.29 is 13.3 Å². The molecule has 1 aliphatic rings. The molecule has 0 saturated carbocycles. The molecule has 1 fully saturated rings. The third-order valence-electron chi connectivity index (χ3n) is 5.90. The predicted octanol–water partition coefficient (Wildman–Crippen LogP) is 5.04. The van der Waals surface area contributed by atoms with E-state index in [1.54, 1.807) is 36.4 Å². The number of hydrogen-bond acceptors (Lipinski definition) is 6. The summed E-state index contributed by atoms with van der Waals surface area (Å²) in [5, 5.41) is 14.9. The lowest BCUT2D eigenvalue weighted by Crippen LogP contribution is -2.48. The van der Waals surface area contributed by atoms with Crippen LogP contribution < -0.4 is 10.2 Å². The Morgan fingerprint density at radius 2 is 1.62 bits per heavy atom. The van der Waals surface area contributed by atoms with Gasteiger partial charge in [0, 0.05) is 48.4 Å². The maximum atomic E-state index is 13.0. The summed E-state index contributed by atoms with van der Waals surface area (Å²) in [5.41, 5.74) is 2.27. The Kier molecular flexibility index (Phi) is 7.20.